The number of rotatable bonds is 6. The molecule has 7 heteroatoms. The molecule has 0 aromatic heterocycles. The molecule has 5 nitrogen and oxygen atoms in total. The highest BCUT2D eigenvalue weighted by molar-refractivity contribution is 14.1. The van der Waals surface area contributed by atoms with Gasteiger partial charge in [0.15, 0.2) is 0 Å². The van der Waals surface area contributed by atoms with Crippen molar-refractivity contribution < 1.29 is 14.6 Å². The summed E-state index contributed by atoms with van der Waals surface area (Å²) in [4.78, 5) is 12.5. The molecule has 33 heavy (non-hydrogen) atoms. The first-order chi connectivity index (χ1) is 15.9. The van der Waals surface area contributed by atoms with Crippen molar-refractivity contribution in [3.63, 3.8) is 0 Å². The number of amides is 1. The second kappa shape index (κ2) is 10.5. The summed E-state index contributed by atoms with van der Waals surface area (Å²) in [5.41, 5.74) is 5.82. The molecule has 4 rings (SSSR count). The van der Waals surface area contributed by atoms with Crippen LogP contribution in [0.1, 0.15) is 27.0 Å². The van der Waals surface area contributed by atoms with Crippen molar-refractivity contribution in [1.82, 2.24) is 5.43 Å². The first-order valence-electron chi connectivity index (χ1n) is 10.1. The minimum absolute atomic E-state index is 0.0828. The molecule has 4 aromatic rings. The first kappa shape index (κ1) is 23.5. The SMILES string of the molecule is Cc1ccc(COc2c(I)cc(C=NNC(=O)c3cc4ccccc4cc3O)cc2I)cc1. The number of carbonyl (C=O) groups excluding carboxylic acids is 1. The Morgan fingerprint density at radius 1 is 1.00 bits per heavy atom. The Morgan fingerprint density at radius 2 is 1.64 bits per heavy atom. The summed E-state index contributed by atoms with van der Waals surface area (Å²) in [6, 6.07) is 22.9. The molecule has 0 aliphatic heterocycles. The van der Waals surface area contributed by atoms with Gasteiger partial charge in [0.2, 0.25) is 0 Å². The fourth-order valence-electron chi connectivity index (χ4n) is 3.27. The average molecular weight is 662 g/mol. The number of aromatic hydroxyl groups is 1. The maximum absolute atomic E-state index is 12.5. The van der Waals surface area contributed by atoms with Gasteiger partial charge in [-0.1, -0.05) is 54.1 Å². The maximum atomic E-state index is 12.5. The zero-order valence-electron chi connectivity index (χ0n) is 17.7. The van der Waals surface area contributed by atoms with E-state index in [-0.39, 0.29) is 11.3 Å². The molecule has 0 atom stereocenters. The number of carbonyl (C=O) groups is 1. The van der Waals surface area contributed by atoms with E-state index in [4.69, 9.17) is 4.74 Å². The van der Waals surface area contributed by atoms with Crippen LogP contribution in [0.2, 0.25) is 0 Å². The standard InChI is InChI=1S/C26H20I2N2O3/c1-16-6-8-17(9-7-16)15-33-25-22(27)10-18(11-23(25)28)14-29-30-26(32)21-12-19-4-2-3-5-20(19)13-24(21)31/h2-14,31H,15H2,1H3,(H,30,32). The average Bonchev–Trinajstić information content (AvgIpc) is 2.79. The summed E-state index contributed by atoms with van der Waals surface area (Å²) in [5.74, 6) is 0.261. The highest BCUT2D eigenvalue weighted by atomic mass is 127. The second-order valence-corrected chi connectivity index (χ2v) is 9.83. The number of hydrazone groups is 1. The Bertz CT molecular complexity index is 1330. The van der Waals surface area contributed by atoms with E-state index in [0.717, 1.165) is 34.8 Å². The van der Waals surface area contributed by atoms with Crippen LogP contribution in [-0.4, -0.2) is 17.2 Å². The van der Waals surface area contributed by atoms with Crippen molar-refractivity contribution in [1.29, 1.82) is 0 Å². The summed E-state index contributed by atoms with van der Waals surface area (Å²) in [6.45, 7) is 2.55. The van der Waals surface area contributed by atoms with Gasteiger partial charge >= 0.3 is 0 Å². The second-order valence-electron chi connectivity index (χ2n) is 7.50. The van der Waals surface area contributed by atoms with E-state index in [1.54, 1.807) is 18.3 Å². The van der Waals surface area contributed by atoms with Crippen molar-refractivity contribution in [2.24, 2.45) is 5.10 Å². The molecule has 1 amide bonds. The molecular weight excluding hydrogens is 642 g/mol. The van der Waals surface area contributed by atoms with Crippen LogP contribution in [0, 0.1) is 14.1 Å². The van der Waals surface area contributed by atoms with Gasteiger partial charge in [-0.05, 0) is 98.3 Å². The van der Waals surface area contributed by atoms with Crippen LogP contribution in [0.15, 0.2) is 77.9 Å². The normalized spacial score (nSPS) is 11.1. The Kier molecular flexibility index (Phi) is 7.49. The summed E-state index contributed by atoms with van der Waals surface area (Å²) in [5, 5.41) is 16.0. The largest absolute Gasteiger partial charge is 0.507 e. The van der Waals surface area contributed by atoms with Gasteiger partial charge in [-0.15, -0.1) is 0 Å². The first-order valence-corrected chi connectivity index (χ1v) is 12.3. The van der Waals surface area contributed by atoms with Gasteiger partial charge in [-0.2, -0.15) is 5.10 Å². The van der Waals surface area contributed by atoms with Gasteiger partial charge in [-0.3, -0.25) is 4.79 Å². The lowest BCUT2D eigenvalue weighted by Crippen LogP contribution is -2.17. The highest BCUT2D eigenvalue weighted by Gasteiger charge is 2.12. The number of fused-ring (bicyclic) bond motifs is 1. The lowest BCUT2D eigenvalue weighted by atomic mass is 10.1. The van der Waals surface area contributed by atoms with E-state index in [1.165, 1.54) is 5.56 Å². The van der Waals surface area contributed by atoms with Gasteiger partial charge in [0.1, 0.15) is 18.1 Å². The van der Waals surface area contributed by atoms with E-state index < -0.39 is 5.91 Å². The van der Waals surface area contributed by atoms with Crippen LogP contribution < -0.4 is 10.2 Å². The molecule has 166 valence electrons. The number of ether oxygens (including phenoxy) is 1. The molecule has 0 spiro atoms. The fraction of sp³-hybridized carbons (Fsp3) is 0.0769. The molecule has 0 saturated carbocycles. The topological polar surface area (TPSA) is 70.9 Å². The molecule has 0 radical (unpaired) electrons. The summed E-state index contributed by atoms with van der Waals surface area (Å²) >= 11 is 4.47. The molecule has 4 aromatic carbocycles. The third kappa shape index (κ3) is 5.83. The molecule has 0 bridgehead atoms. The predicted octanol–water partition coefficient (Wildman–Crippen LogP) is 6.41. The van der Waals surface area contributed by atoms with Crippen LogP contribution in [0.3, 0.4) is 0 Å². The third-order valence-corrected chi connectivity index (χ3v) is 6.62. The van der Waals surface area contributed by atoms with Crippen LogP contribution in [0.4, 0.5) is 0 Å². The predicted molar refractivity (Wildman–Crippen MR) is 148 cm³/mol. The Labute approximate surface area is 219 Å². The Hall–Kier alpha value is -2.66. The number of phenolic OH excluding ortho intramolecular Hbond substituents is 1. The van der Waals surface area contributed by atoms with Crippen LogP contribution in [-0.2, 0) is 6.61 Å². The van der Waals surface area contributed by atoms with Crippen molar-refractivity contribution in [2.45, 2.75) is 13.5 Å². The third-order valence-electron chi connectivity index (χ3n) is 5.01. The van der Waals surface area contributed by atoms with E-state index in [9.17, 15) is 9.90 Å². The molecule has 0 unspecified atom stereocenters. The fourth-order valence-corrected chi connectivity index (χ4v) is 5.40. The van der Waals surface area contributed by atoms with E-state index in [2.05, 4.69) is 86.9 Å². The number of hydrogen-bond donors (Lipinski definition) is 2. The molecular formula is C26H20I2N2O3. The lowest BCUT2D eigenvalue weighted by molar-refractivity contribution is 0.0952. The van der Waals surface area contributed by atoms with E-state index in [1.807, 2.05) is 36.4 Å². The van der Waals surface area contributed by atoms with Crippen LogP contribution >= 0.6 is 45.2 Å². The molecule has 0 aliphatic carbocycles. The minimum atomic E-state index is -0.475. The molecule has 0 aliphatic rings. The van der Waals surface area contributed by atoms with E-state index >= 15 is 0 Å². The maximum Gasteiger partial charge on any atom is 0.275 e. The summed E-state index contributed by atoms with van der Waals surface area (Å²) in [6.07, 6.45) is 1.57. The lowest BCUT2D eigenvalue weighted by Gasteiger charge is -2.11. The number of halogens is 2. The Morgan fingerprint density at radius 3 is 2.30 bits per heavy atom. The van der Waals surface area contributed by atoms with Gasteiger partial charge in [0.25, 0.3) is 5.91 Å². The number of nitrogens with one attached hydrogen (secondary N) is 1. The van der Waals surface area contributed by atoms with Crippen molar-refractivity contribution >= 4 is 68.1 Å². The number of benzene rings is 4. The van der Waals surface area contributed by atoms with Gasteiger partial charge < -0.3 is 9.84 Å². The van der Waals surface area contributed by atoms with E-state index in [0.29, 0.717) is 6.61 Å². The smallest absolute Gasteiger partial charge is 0.275 e. The van der Waals surface area contributed by atoms with Gasteiger partial charge in [0.05, 0.1) is 18.9 Å². The van der Waals surface area contributed by atoms with Gasteiger partial charge in [0, 0.05) is 0 Å². The summed E-state index contributed by atoms with van der Waals surface area (Å²) in [7, 11) is 0. The number of nitrogens with zero attached hydrogens (tertiary/aromatic N) is 1. The summed E-state index contributed by atoms with van der Waals surface area (Å²) < 4.78 is 7.94. The zero-order valence-corrected chi connectivity index (χ0v) is 22.0. The number of hydrogen-bond acceptors (Lipinski definition) is 4. The van der Waals surface area contributed by atoms with Crippen molar-refractivity contribution in [2.75, 3.05) is 0 Å². The number of phenols is 1. The molecule has 0 saturated heterocycles. The monoisotopic (exact) mass is 662 g/mol. The van der Waals surface area contributed by atoms with Crippen LogP contribution in [0.25, 0.3) is 10.8 Å². The zero-order chi connectivity index (χ0) is 23.4. The van der Waals surface area contributed by atoms with Gasteiger partial charge in [-0.25, -0.2) is 5.43 Å². The molecule has 0 heterocycles. The van der Waals surface area contributed by atoms with Crippen molar-refractivity contribution in [3.05, 3.63) is 102 Å². The van der Waals surface area contributed by atoms with Crippen LogP contribution in [0.5, 0.6) is 11.5 Å². The Balaban J connectivity index is 1.43. The molecule has 0 fully saturated rings. The molecule has 2 N–H and O–H groups in total. The minimum Gasteiger partial charge on any atom is -0.507 e. The highest BCUT2D eigenvalue weighted by Crippen LogP contribution is 2.29. The van der Waals surface area contributed by atoms with Crippen molar-refractivity contribution in [3.8, 4) is 11.5 Å². The number of aryl methyl sites for hydroxylation is 1. The quantitative estimate of drug-likeness (QED) is 0.143.